The van der Waals surface area contributed by atoms with Crippen LogP contribution in [0.3, 0.4) is 0 Å². The molecule has 2 atom stereocenters. The number of hydrogen-bond acceptors (Lipinski definition) is 3. The monoisotopic (exact) mass is 315 g/mol. The lowest BCUT2D eigenvalue weighted by Gasteiger charge is -2.18. The third-order valence-electron chi connectivity index (χ3n) is 2.97. The van der Waals surface area contributed by atoms with Gasteiger partial charge in [-0.3, -0.25) is 0 Å². The number of halogens is 2. The van der Waals surface area contributed by atoms with Crippen LogP contribution in [-0.4, -0.2) is 11.7 Å². The molecular weight excluding hydrogens is 301 g/mol. The van der Waals surface area contributed by atoms with Crippen LogP contribution in [0.4, 0.5) is 0 Å². The summed E-state index contributed by atoms with van der Waals surface area (Å²) in [6.45, 7) is 2.49. The zero-order valence-corrected chi connectivity index (χ0v) is 12.8. The molecule has 5 heteroatoms. The van der Waals surface area contributed by atoms with Crippen LogP contribution >= 0.6 is 34.5 Å². The SMILES string of the molecule is CC(NCC(O)c1ccsc1)c1ccc(Cl)cc1Cl. The van der Waals surface area contributed by atoms with Crippen LogP contribution in [0.25, 0.3) is 0 Å². The minimum atomic E-state index is -0.500. The molecule has 0 aliphatic rings. The lowest BCUT2D eigenvalue weighted by molar-refractivity contribution is 0.171. The smallest absolute Gasteiger partial charge is 0.0922 e. The maximum Gasteiger partial charge on any atom is 0.0922 e. The van der Waals surface area contributed by atoms with Gasteiger partial charge in [0.15, 0.2) is 0 Å². The third-order valence-corrected chi connectivity index (χ3v) is 4.24. The summed E-state index contributed by atoms with van der Waals surface area (Å²) in [5.74, 6) is 0. The van der Waals surface area contributed by atoms with Gasteiger partial charge < -0.3 is 10.4 Å². The van der Waals surface area contributed by atoms with Crippen LogP contribution in [0.2, 0.25) is 10.0 Å². The highest BCUT2D eigenvalue weighted by Gasteiger charge is 2.13. The number of rotatable bonds is 5. The first-order chi connectivity index (χ1) is 9.08. The van der Waals surface area contributed by atoms with E-state index in [0.29, 0.717) is 16.6 Å². The summed E-state index contributed by atoms with van der Waals surface area (Å²) in [7, 11) is 0. The molecule has 2 rings (SSSR count). The zero-order valence-electron chi connectivity index (χ0n) is 10.4. The molecule has 0 fully saturated rings. The molecule has 2 N–H and O–H groups in total. The molecule has 1 aromatic heterocycles. The molecule has 0 aliphatic carbocycles. The molecule has 1 aromatic carbocycles. The van der Waals surface area contributed by atoms with Crippen molar-refractivity contribution in [2.45, 2.75) is 19.1 Å². The molecule has 0 amide bonds. The number of aliphatic hydroxyl groups is 1. The second kappa shape index (κ2) is 6.73. The van der Waals surface area contributed by atoms with Gasteiger partial charge in [-0.2, -0.15) is 11.3 Å². The van der Waals surface area contributed by atoms with E-state index in [0.717, 1.165) is 11.1 Å². The fourth-order valence-corrected chi connectivity index (χ4v) is 3.11. The summed E-state index contributed by atoms with van der Waals surface area (Å²) in [4.78, 5) is 0. The van der Waals surface area contributed by atoms with E-state index in [1.165, 1.54) is 0 Å². The highest BCUT2D eigenvalue weighted by Crippen LogP contribution is 2.26. The Balaban J connectivity index is 1.96. The van der Waals surface area contributed by atoms with Crippen LogP contribution in [0, 0.1) is 0 Å². The van der Waals surface area contributed by atoms with E-state index < -0.39 is 6.10 Å². The maximum atomic E-state index is 10.0. The Morgan fingerprint density at radius 1 is 1.32 bits per heavy atom. The van der Waals surface area contributed by atoms with Crippen LogP contribution < -0.4 is 5.32 Å². The maximum absolute atomic E-state index is 10.0. The minimum absolute atomic E-state index is 0.0538. The molecular formula is C14H15Cl2NOS. The van der Waals surface area contributed by atoms with Crippen LogP contribution in [-0.2, 0) is 0 Å². The Morgan fingerprint density at radius 3 is 2.74 bits per heavy atom. The molecule has 19 heavy (non-hydrogen) atoms. The van der Waals surface area contributed by atoms with E-state index in [-0.39, 0.29) is 6.04 Å². The largest absolute Gasteiger partial charge is 0.387 e. The molecule has 2 aromatic rings. The first-order valence-corrected chi connectivity index (χ1v) is 7.66. The fourth-order valence-electron chi connectivity index (χ4n) is 1.83. The third kappa shape index (κ3) is 3.94. The topological polar surface area (TPSA) is 32.3 Å². The normalized spacial score (nSPS) is 14.3. The second-order valence-corrected chi connectivity index (χ2v) is 5.99. The van der Waals surface area contributed by atoms with Gasteiger partial charge in [-0.05, 0) is 47.0 Å². The molecule has 2 nitrogen and oxygen atoms in total. The van der Waals surface area contributed by atoms with Crippen LogP contribution in [0.15, 0.2) is 35.0 Å². The Morgan fingerprint density at radius 2 is 2.11 bits per heavy atom. The number of nitrogens with one attached hydrogen (secondary N) is 1. The Kier molecular flexibility index (Phi) is 5.25. The van der Waals surface area contributed by atoms with Crippen LogP contribution in [0.5, 0.6) is 0 Å². The van der Waals surface area contributed by atoms with Gasteiger partial charge in [-0.1, -0.05) is 29.3 Å². The van der Waals surface area contributed by atoms with Crippen molar-refractivity contribution < 1.29 is 5.11 Å². The van der Waals surface area contributed by atoms with E-state index in [2.05, 4.69) is 5.32 Å². The van der Waals surface area contributed by atoms with Crippen molar-refractivity contribution in [3.8, 4) is 0 Å². The standard InChI is InChI=1S/C14H15Cl2NOS/c1-9(12-3-2-11(15)6-13(12)16)17-7-14(18)10-4-5-19-8-10/h2-6,8-9,14,17-18H,7H2,1H3. The van der Waals surface area contributed by atoms with Crippen molar-refractivity contribution >= 4 is 34.5 Å². The van der Waals surface area contributed by atoms with Crippen molar-refractivity contribution in [1.82, 2.24) is 5.32 Å². The molecule has 102 valence electrons. The van der Waals surface area contributed by atoms with E-state index in [9.17, 15) is 5.11 Å². The number of aliphatic hydroxyl groups excluding tert-OH is 1. The summed E-state index contributed by atoms with van der Waals surface area (Å²) in [5, 5.41) is 18.5. The second-order valence-electron chi connectivity index (χ2n) is 4.37. The molecule has 0 bridgehead atoms. The van der Waals surface area contributed by atoms with E-state index >= 15 is 0 Å². The highest BCUT2D eigenvalue weighted by atomic mass is 35.5. The molecule has 0 saturated carbocycles. The minimum Gasteiger partial charge on any atom is -0.387 e. The first kappa shape index (κ1) is 14.8. The number of benzene rings is 1. The Hall–Kier alpha value is -0.580. The average molecular weight is 316 g/mol. The summed E-state index contributed by atoms with van der Waals surface area (Å²) in [6, 6.07) is 7.43. The summed E-state index contributed by atoms with van der Waals surface area (Å²) >= 11 is 13.6. The molecule has 2 unspecified atom stereocenters. The Bertz CT molecular complexity index is 530. The van der Waals surface area contributed by atoms with E-state index in [4.69, 9.17) is 23.2 Å². The zero-order chi connectivity index (χ0) is 13.8. The van der Waals surface area contributed by atoms with E-state index in [1.807, 2.05) is 35.9 Å². The van der Waals surface area contributed by atoms with Gasteiger partial charge in [0.1, 0.15) is 0 Å². The van der Waals surface area contributed by atoms with Gasteiger partial charge >= 0.3 is 0 Å². The predicted molar refractivity (Wildman–Crippen MR) is 82.2 cm³/mol. The predicted octanol–water partition coefficient (Wildman–Crippen LogP) is 4.44. The molecule has 1 heterocycles. The lowest BCUT2D eigenvalue weighted by Crippen LogP contribution is -2.24. The van der Waals surface area contributed by atoms with Crippen molar-refractivity contribution in [3.63, 3.8) is 0 Å². The van der Waals surface area contributed by atoms with Gasteiger partial charge in [-0.25, -0.2) is 0 Å². The summed E-state index contributed by atoms with van der Waals surface area (Å²) in [5.41, 5.74) is 1.91. The number of thiophene rings is 1. The van der Waals surface area contributed by atoms with Gasteiger partial charge in [0.2, 0.25) is 0 Å². The van der Waals surface area contributed by atoms with Crippen molar-refractivity contribution in [1.29, 1.82) is 0 Å². The average Bonchev–Trinajstić information content (AvgIpc) is 2.89. The van der Waals surface area contributed by atoms with Crippen molar-refractivity contribution in [2.75, 3.05) is 6.54 Å². The molecule has 0 saturated heterocycles. The van der Waals surface area contributed by atoms with Crippen molar-refractivity contribution in [2.24, 2.45) is 0 Å². The first-order valence-electron chi connectivity index (χ1n) is 5.96. The van der Waals surface area contributed by atoms with E-state index in [1.54, 1.807) is 17.4 Å². The molecule has 0 aliphatic heterocycles. The van der Waals surface area contributed by atoms with Crippen LogP contribution in [0.1, 0.15) is 30.2 Å². The summed E-state index contributed by atoms with van der Waals surface area (Å²) in [6.07, 6.45) is -0.500. The molecule has 0 radical (unpaired) electrons. The fraction of sp³-hybridized carbons (Fsp3) is 0.286. The highest BCUT2D eigenvalue weighted by molar-refractivity contribution is 7.07. The Labute approximate surface area is 127 Å². The molecule has 0 spiro atoms. The number of hydrogen-bond donors (Lipinski definition) is 2. The van der Waals surface area contributed by atoms with Gasteiger partial charge in [-0.15, -0.1) is 0 Å². The summed E-state index contributed by atoms with van der Waals surface area (Å²) < 4.78 is 0. The van der Waals surface area contributed by atoms with Gasteiger partial charge in [0.05, 0.1) is 6.10 Å². The quantitative estimate of drug-likeness (QED) is 0.855. The van der Waals surface area contributed by atoms with Gasteiger partial charge in [0.25, 0.3) is 0 Å². The van der Waals surface area contributed by atoms with Gasteiger partial charge in [0, 0.05) is 22.6 Å². The van der Waals surface area contributed by atoms with Crippen molar-refractivity contribution in [3.05, 3.63) is 56.2 Å². The lowest BCUT2D eigenvalue weighted by atomic mass is 10.1.